The van der Waals surface area contributed by atoms with E-state index in [9.17, 15) is 9.90 Å². The Labute approximate surface area is 117 Å². The molecule has 0 fully saturated rings. The molecule has 3 rings (SSSR count). The van der Waals surface area contributed by atoms with Crippen molar-refractivity contribution in [3.8, 4) is 5.75 Å². The number of carbonyl (C=O) groups excluding carboxylic acids is 1. The third-order valence-corrected chi connectivity index (χ3v) is 3.80. The van der Waals surface area contributed by atoms with Gasteiger partial charge < -0.3 is 14.6 Å². The van der Waals surface area contributed by atoms with Gasteiger partial charge in [-0.25, -0.2) is 4.98 Å². The molecular formula is C15H17N3O2. The van der Waals surface area contributed by atoms with Crippen LogP contribution in [0.4, 0.5) is 0 Å². The summed E-state index contributed by atoms with van der Waals surface area (Å²) in [5.74, 6) is -0.268. The first-order valence-electron chi connectivity index (χ1n) is 6.82. The zero-order valence-electron chi connectivity index (χ0n) is 11.4. The van der Waals surface area contributed by atoms with Crippen LogP contribution >= 0.6 is 0 Å². The zero-order chi connectivity index (χ0) is 14.1. The molecule has 1 aliphatic rings. The molecule has 20 heavy (non-hydrogen) atoms. The Balaban J connectivity index is 1.95. The van der Waals surface area contributed by atoms with Crippen LogP contribution in [0.3, 0.4) is 0 Å². The van der Waals surface area contributed by atoms with E-state index in [1.165, 1.54) is 12.3 Å². The number of hydrogen-bond donors (Lipinski definition) is 1. The molecule has 1 N–H and O–H groups in total. The molecule has 0 aromatic carbocycles. The predicted molar refractivity (Wildman–Crippen MR) is 74.4 cm³/mol. The minimum Gasteiger partial charge on any atom is -0.505 e. The lowest BCUT2D eigenvalue weighted by atomic mass is 10.1. The second-order valence-corrected chi connectivity index (χ2v) is 4.92. The van der Waals surface area contributed by atoms with Gasteiger partial charge in [0.2, 0.25) is 0 Å². The van der Waals surface area contributed by atoms with E-state index in [0.717, 1.165) is 18.7 Å². The number of amides is 1. The van der Waals surface area contributed by atoms with E-state index in [-0.39, 0.29) is 23.4 Å². The number of carbonyl (C=O) groups is 1. The number of aromatic hydroxyl groups is 1. The molecule has 0 saturated heterocycles. The van der Waals surface area contributed by atoms with E-state index in [0.29, 0.717) is 6.54 Å². The van der Waals surface area contributed by atoms with E-state index in [2.05, 4.69) is 16.5 Å². The lowest BCUT2D eigenvalue weighted by molar-refractivity contribution is 0.0608. The van der Waals surface area contributed by atoms with E-state index < -0.39 is 0 Å². The number of rotatable bonds is 2. The molecule has 2 aromatic rings. The summed E-state index contributed by atoms with van der Waals surface area (Å²) in [7, 11) is 0. The van der Waals surface area contributed by atoms with E-state index in [1.807, 2.05) is 18.3 Å². The van der Waals surface area contributed by atoms with Crippen LogP contribution in [0.5, 0.6) is 5.75 Å². The van der Waals surface area contributed by atoms with Gasteiger partial charge in [-0.15, -0.1) is 0 Å². The largest absolute Gasteiger partial charge is 0.505 e. The van der Waals surface area contributed by atoms with Crippen molar-refractivity contribution in [2.75, 3.05) is 6.54 Å². The average Bonchev–Trinajstić information content (AvgIpc) is 2.94. The Kier molecular flexibility index (Phi) is 3.18. The zero-order valence-corrected chi connectivity index (χ0v) is 11.4. The average molecular weight is 271 g/mol. The molecule has 1 aliphatic heterocycles. The maximum absolute atomic E-state index is 12.6. The minimum absolute atomic E-state index is 0.0349. The lowest BCUT2D eigenvalue weighted by Crippen LogP contribution is -2.42. The van der Waals surface area contributed by atoms with Crippen LogP contribution < -0.4 is 0 Å². The van der Waals surface area contributed by atoms with Gasteiger partial charge in [0.15, 0.2) is 5.69 Å². The summed E-state index contributed by atoms with van der Waals surface area (Å²) < 4.78 is 2.18. The maximum Gasteiger partial charge on any atom is 0.276 e. The predicted octanol–water partition coefficient (Wildman–Crippen LogP) is 2.20. The molecule has 2 aromatic heterocycles. The van der Waals surface area contributed by atoms with Gasteiger partial charge >= 0.3 is 0 Å². The maximum atomic E-state index is 12.6. The van der Waals surface area contributed by atoms with Crippen molar-refractivity contribution in [2.45, 2.75) is 25.9 Å². The molecule has 1 atom stereocenters. The summed E-state index contributed by atoms with van der Waals surface area (Å²) in [6, 6.07) is 7.20. The summed E-state index contributed by atoms with van der Waals surface area (Å²) >= 11 is 0. The van der Waals surface area contributed by atoms with Gasteiger partial charge in [-0.1, -0.05) is 6.92 Å². The third-order valence-electron chi connectivity index (χ3n) is 3.80. The summed E-state index contributed by atoms with van der Waals surface area (Å²) in [6.45, 7) is 3.47. The van der Waals surface area contributed by atoms with Crippen molar-refractivity contribution in [2.24, 2.45) is 0 Å². The summed E-state index contributed by atoms with van der Waals surface area (Å²) in [6.07, 6.45) is 4.40. The molecule has 3 heterocycles. The standard InChI is InChI=1S/C15H17N3O2/c1-2-11-12-5-4-8-17(12)9-10-18(11)15(20)14-13(19)6-3-7-16-14/h3-8,11,19H,2,9-10H2,1H3/t11-/m0/s1. The molecule has 0 spiro atoms. The molecule has 5 nitrogen and oxygen atoms in total. The highest BCUT2D eigenvalue weighted by atomic mass is 16.3. The van der Waals surface area contributed by atoms with Crippen molar-refractivity contribution in [3.05, 3.63) is 48.0 Å². The molecule has 0 bridgehead atoms. The molecule has 0 aliphatic carbocycles. The molecule has 0 saturated carbocycles. The summed E-state index contributed by atoms with van der Waals surface area (Å²) in [5, 5.41) is 9.81. The third kappa shape index (κ3) is 1.95. The number of fused-ring (bicyclic) bond motifs is 1. The fourth-order valence-electron chi connectivity index (χ4n) is 2.83. The number of aromatic nitrogens is 2. The van der Waals surface area contributed by atoms with Crippen molar-refractivity contribution < 1.29 is 9.90 Å². The monoisotopic (exact) mass is 271 g/mol. The van der Waals surface area contributed by atoms with E-state index in [4.69, 9.17) is 0 Å². The number of hydrogen-bond acceptors (Lipinski definition) is 3. The number of nitrogens with zero attached hydrogens (tertiary/aromatic N) is 3. The molecule has 104 valence electrons. The number of pyridine rings is 1. The normalized spacial score (nSPS) is 17.9. The van der Waals surface area contributed by atoms with Crippen LogP contribution in [-0.2, 0) is 6.54 Å². The summed E-state index contributed by atoms with van der Waals surface area (Å²) in [5.41, 5.74) is 1.27. The topological polar surface area (TPSA) is 58.4 Å². The van der Waals surface area contributed by atoms with Gasteiger partial charge in [0.05, 0.1) is 6.04 Å². The van der Waals surface area contributed by atoms with Gasteiger partial charge in [-0.3, -0.25) is 4.79 Å². The van der Waals surface area contributed by atoms with Gasteiger partial charge in [-0.2, -0.15) is 0 Å². The Morgan fingerprint density at radius 2 is 2.25 bits per heavy atom. The van der Waals surface area contributed by atoms with Gasteiger partial charge in [0.25, 0.3) is 5.91 Å². The second kappa shape index (κ2) is 5.00. The Hall–Kier alpha value is -2.30. The highest BCUT2D eigenvalue weighted by molar-refractivity contribution is 5.95. The Morgan fingerprint density at radius 1 is 1.40 bits per heavy atom. The van der Waals surface area contributed by atoms with Crippen molar-refractivity contribution in [1.29, 1.82) is 0 Å². The molecular weight excluding hydrogens is 254 g/mol. The molecule has 0 unspecified atom stereocenters. The first-order chi connectivity index (χ1) is 9.72. The van der Waals surface area contributed by atoms with E-state index >= 15 is 0 Å². The van der Waals surface area contributed by atoms with E-state index in [1.54, 1.807) is 11.0 Å². The first-order valence-corrected chi connectivity index (χ1v) is 6.82. The van der Waals surface area contributed by atoms with Crippen molar-refractivity contribution >= 4 is 5.91 Å². The first kappa shape index (κ1) is 12.7. The van der Waals surface area contributed by atoms with Crippen LogP contribution in [-0.4, -0.2) is 32.0 Å². The van der Waals surface area contributed by atoms with Crippen molar-refractivity contribution in [3.63, 3.8) is 0 Å². The molecule has 1 amide bonds. The minimum atomic E-state index is -0.206. The Morgan fingerprint density at radius 3 is 3.00 bits per heavy atom. The van der Waals surface area contributed by atoms with Gasteiger partial charge in [0.1, 0.15) is 5.75 Å². The molecule has 5 heteroatoms. The van der Waals surface area contributed by atoms with Crippen molar-refractivity contribution in [1.82, 2.24) is 14.5 Å². The Bertz CT molecular complexity index is 636. The summed E-state index contributed by atoms with van der Waals surface area (Å²) in [4.78, 5) is 18.4. The van der Waals surface area contributed by atoms with Crippen LogP contribution in [0.2, 0.25) is 0 Å². The van der Waals surface area contributed by atoms with Crippen LogP contribution in [0.15, 0.2) is 36.7 Å². The second-order valence-electron chi connectivity index (χ2n) is 4.92. The van der Waals surface area contributed by atoms with Crippen LogP contribution in [0.1, 0.15) is 35.6 Å². The quantitative estimate of drug-likeness (QED) is 0.911. The van der Waals surface area contributed by atoms with Crippen LogP contribution in [0, 0.1) is 0 Å². The smallest absolute Gasteiger partial charge is 0.276 e. The lowest BCUT2D eigenvalue weighted by Gasteiger charge is -2.36. The fraction of sp³-hybridized carbons (Fsp3) is 0.333. The highest BCUT2D eigenvalue weighted by Gasteiger charge is 2.31. The van der Waals surface area contributed by atoms with Gasteiger partial charge in [0, 0.05) is 31.2 Å². The highest BCUT2D eigenvalue weighted by Crippen LogP contribution is 2.30. The van der Waals surface area contributed by atoms with Gasteiger partial charge in [-0.05, 0) is 30.7 Å². The fourth-order valence-corrected chi connectivity index (χ4v) is 2.83. The molecule has 0 radical (unpaired) electrons. The van der Waals surface area contributed by atoms with Crippen LogP contribution in [0.25, 0.3) is 0 Å². The SMILES string of the molecule is CC[C@H]1c2cccn2CCN1C(=O)c1ncccc1O.